The molecule has 1 aliphatic rings. The van der Waals surface area contributed by atoms with Crippen molar-refractivity contribution < 1.29 is 4.79 Å². The molecule has 0 heterocycles. The van der Waals surface area contributed by atoms with Gasteiger partial charge in [0.1, 0.15) is 6.29 Å². The highest BCUT2D eigenvalue weighted by Crippen LogP contribution is 2.29. The van der Waals surface area contributed by atoms with Crippen molar-refractivity contribution in [1.82, 2.24) is 0 Å². The molecule has 1 aliphatic carbocycles. The molecule has 0 atom stereocenters. The van der Waals surface area contributed by atoms with E-state index in [4.69, 9.17) is 0 Å². The Morgan fingerprint density at radius 1 is 0.684 bits per heavy atom. The molecule has 112 valence electrons. The Balaban J connectivity index is 1.68. The third-order valence-electron chi connectivity index (χ3n) is 4.66. The van der Waals surface area contributed by atoms with Gasteiger partial charge in [0.25, 0.3) is 0 Å². The smallest absolute Gasteiger partial charge is 0.119 e. The minimum Gasteiger partial charge on any atom is -0.303 e. The van der Waals surface area contributed by atoms with Gasteiger partial charge in [0.2, 0.25) is 0 Å². The van der Waals surface area contributed by atoms with Crippen LogP contribution in [0.2, 0.25) is 0 Å². The fourth-order valence-electron chi connectivity index (χ4n) is 3.37. The minimum atomic E-state index is 0.765. The molecule has 0 spiro atoms. The van der Waals surface area contributed by atoms with E-state index in [1.165, 1.54) is 89.9 Å². The molecule has 1 rings (SSSR count). The number of aldehydes is 1. The molecule has 0 amide bonds. The van der Waals surface area contributed by atoms with Crippen LogP contribution in [-0.4, -0.2) is 6.29 Å². The summed E-state index contributed by atoms with van der Waals surface area (Å²) < 4.78 is 0. The summed E-state index contributed by atoms with van der Waals surface area (Å²) in [5, 5.41) is 0. The summed E-state index contributed by atoms with van der Waals surface area (Å²) in [6, 6.07) is 0. The van der Waals surface area contributed by atoms with Crippen LogP contribution in [0.4, 0.5) is 0 Å². The average Bonchev–Trinajstić information content (AvgIpc) is 2.93. The van der Waals surface area contributed by atoms with E-state index in [-0.39, 0.29) is 0 Å². The first-order valence-corrected chi connectivity index (χ1v) is 8.87. The van der Waals surface area contributed by atoms with E-state index in [1.54, 1.807) is 0 Å². The maximum atomic E-state index is 10.1. The van der Waals surface area contributed by atoms with Crippen LogP contribution in [0.1, 0.15) is 103 Å². The largest absolute Gasteiger partial charge is 0.303 e. The van der Waals surface area contributed by atoms with Gasteiger partial charge in [0.05, 0.1) is 0 Å². The number of carbonyl (C=O) groups is 1. The predicted molar refractivity (Wildman–Crippen MR) is 83.4 cm³/mol. The molecule has 0 saturated heterocycles. The molecule has 0 unspecified atom stereocenters. The van der Waals surface area contributed by atoms with Crippen LogP contribution in [0, 0.1) is 5.92 Å². The molecule has 0 N–H and O–H groups in total. The molecule has 1 fully saturated rings. The summed E-state index contributed by atoms with van der Waals surface area (Å²) in [5.74, 6) is 1.09. The van der Waals surface area contributed by atoms with Crippen molar-refractivity contribution in [3.63, 3.8) is 0 Å². The molecule has 0 aromatic rings. The second kappa shape index (κ2) is 12.7. The first kappa shape index (κ1) is 16.7. The second-order valence-electron chi connectivity index (χ2n) is 6.43. The van der Waals surface area contributed by atoms with Crippen molar-refractivity contribution >= 4 is 6.29 Å². The molecule has 1 nitrogen and oxygen atoms in total. The highest BCUT2D eigenvalue weighted by molar-refractivity contribution is 5.48. The van der Waals surface area contributed by atoms with Gasteiger partial charge in [-0.25, -0.2) is 0 Å². The van der Waals surface area contributed by atoms with Crippen molar-refractivity contribution in [3.8, 4) is 0 Å². The van der Waals surface area contributed by atoms with Crippen LogP contribution in [0.5, 0.6) is 0 Å². The number of rotatable bonds is 13. The molecule has 0 radical (unpaired) electrons. The maximum Gasteiger partial charge on any atom is 0.119 e. The van der Waals surface area contributed by atoms with E-state index >= 15 is 0 Å². The fraction of sp³-hybridized carbons (Fsp3) is 0.944. The van der Waals surface area contributed by atoms with E-state index in [1.807, 2.05) is 0 Å². The first-order valence-electron chi connectivity index (χ1n) is 8.87. The van der Waals surface area contributed by atoms with Crippen LogP contribution in [0.3, 0.4) is 0 Å². The van der Waals surface area contributed by atoms with Gasteiger partial charge in [-0.1, -0.05) is 89.9 Å². The summed E-state index contributed by atoms with van der Waals surface area (Å²) in [6.45, 7) is 0. The molecule has 1 heteroatoms. The Kier molecular flexibility index (Phi) is 11.2. The molecule has 0 aromatic heterocycles. The monoisotopic (exact) mass is 266 g/mol. The third kappa shape index (κ3) is 10.2. The zero-order valence-corrected chi connectivity index (χ0v) is 12.9. The lowest BCUT2D eigenvalue weighted by Crippen LogP contribution is -1.92. The summed E-state index contributed by atoms with van der Waals surface area (Å²) in [7, 11) is 0. The first-order chi connectivity index (χ1) is 9.43. The number of carbonyl (C=O) groups excluding carboxylic acids is 1. The molecular formula is C18H34O. The van der Waals surface area contributed by atoms with E-state index in [2.05, 4.69) is 0 Å². The Morgan fingerprint density at radius 2 is 1.16 bits per heavy atom. The number of hydrogen-bond donors (Lipinski definition) is 0. The molecule has 1 saturated carbocycles. The summed E-state index contributed by atoms with van der Waals surface area (Å²) in [6.07, 6.45) is 23.1. The molecule has 0 aromatic carbocycles. The van der Waals surface area contributed by atoms with Gasteiger partial charge >= 0.3 is 0 Å². The van der Waals surface area contributed by atoms with Gasteiger partial charge in [-0.15, -0.1) is 0 Å². The van der Waals surface area contributed by atoms with Crippen LogP contribution >= 0.6 is 0 Å². The standard InChI is InChI=1S/C18H34O/c19-17-13-9-7-5-3-1-2-4-6-8-10-14-18-15-11-12-16-18/h17-18H,1-16H2. The van der Waals surface area contributed by atoms with Crippen molar-refractivity contribution in [2.75, 3.05) is 0 Å². The van der Waals surface area contributed by atoms with Gasteiger partial charge in [0.15, 0.2) is 0 Å². The Morgan fingerprint density at radius 3 is 1.68 bits per heavy atom. The van der Waals surface area contributed by atoms with Gasteiger partial charge < -0.3 is 4.79 Å². The van der Waals surface area contributed by atoms with Gasteiger partial charge in [-0.3, -0.25) is 0 Å². The van der Waals surface area contributed by atoms with Crippen molar-refractivity contribution in [2.45, 2.75) is 103 Å². The SMILES string of the molecule is O=CCCCCCCCCCCCCC1CCCC1. The fourth-order valence-corrected chi connectivity index (χ4v) is 3.37. The molecule has 19 heavy (non-hydrogen) atoms. The normalized spacial score (nSPS) is 16.0. The molecular weight excluding hydrogens is 232 g/mol. The van der Waals surface area contributed by atoms with E-state index in [0.717, 1.165) is 25.0 Å². The van der Waals surface area contributed by atoms with Crippen molar-refractivity contribution in [3.05, 3.63) is 0 Å². The van der Waals surface area contributed by atoms with Crippen LogP contribution in [0.15, 0.2) is 0 Å². The van der Waals surface area contributed by atoms with Crippen molar-refractivity contribution in [1.29, 1.82) is 0 Å². The zero-order valence-electron chi connectivity index (χ0n) is 12.9. The highest BCUT2D eigenvalue weighted by Gasteiger charge is 2.13. The van der Waals surface area contributed by atoms with Crippen LogP contribution < -0.4 is 0 Å². The summed E-state index contributed by atoms with van der Waals surface area (Å²) >= 11 is 0. The summed E-state index contributed by atoms with van der Waals surface area (Å²) in [5.41, 5.74) is 0. The Labute approximate surface area is 120 Å². The summed E-state index contributed by atoms with van der Waals surface area (Å²) in [4.78, 5) is 10.1. The third-order valence-corrected chi connectivity index (χ3v) is 4.66. The van der Waals surface area contributed by atoms with E-state index in [9.17, 15) is 4.79 Å². The lowest BCUT2D eigenvalue weighted by Gasteiger charge is -2.07. The van der Waals surface area contributed by atoms with Crippen LogP contribution in [-0.2, 0) is 4.79 Å². The molecule has 0 bridgehead atoms. The zero-order chi connectivity index (χ0) is 13.6. The van der Waals surface area contributed by atoms with Crippen LogP contribution in [0.25, 0.3) is 0 Å². The van der Waals surface area contributed by atoms with E-state index < -0.39 is 0 Å². The predicted octanol–water partition coefficient (Wildman–Crippen LogP) is 6.06. The van der Waals surface area contributed by atoms with Gasteiger partial charge in [0, 0.05) is 6.42 Å². The van der Waals surface area contributed by atoms with Crippen molar-refractivity contribution in [2.24, 2.45) is 5.92 Å². The minimum absolute atomic E-state index is 0.765. The topological polar surface area (TPSA) is 17.1 Å². The van der Waals surface area contributed by atoms with Gasteiger partial charge in [-0.05, 0) is 12.3 Å². The Hall–Kier alpha value is -0.330. The second-order valence-corrected chi connectivity index (χ2v) is 6.43. The lowest BCUT2D eigenvalue weighted by molar-refractivity contribution is -0.107. The Bertz CT molecular complexity index is 194. The maximum absolute atomic E-state index is 10.1. The quantitative estimate of drug-likeness (QED) is 0.292. The average molecular weight is 266 g/mol. The van der Waals surface area contributed by atoms with E-state index in [0.29, 0.717) is 0 Å². The highest BCUT2D eigenvalue weighted by atomic mass is 16.1. The van der Waals surface area contributed by atoms with Gasteiger partial charge in [-0.2, -0.15) is 0 Å². The lowest BCUT2D eigenvalue weighted by atomic mass is 9.99. The number of unbranched alkanes of at least 4 members (excludes halogenated alkanes) is 10. The number of hydrogen-bond acceptors (Lipinski definition) is 1. The molecule has 0 aliphatic heterocycles.